The highest BCUT2D eigenvalue weighted by Crippen LogP contribution is 2.36. The smallest absolute Gasteiger partial charge is 0.162 e. The molecule has 0 aromatic heterocycles. The molecule has 1 aliphatic rings. The Hall–Kier alpha value is -2.69. The molecule has 1 aromatic carbocycles. The fraction of sp³-hybridized carbons (Fsp3) is 0.519. The largest absolute Gasteiger partial charge is 0.504 e. The summed E-state index contributed by atoms with van der Waals surface area (Å²) in [6.07, 6.45) is 10.4. The molecule has 1 N–H and O–H groups in total. The van der Waals surface area contributed by atoms with Crippen molar-refractivity contribution in [3.05, 3.63) is 52.5 Å². The lowest BCUT2D eigenvalue weighted by Gasteiger charge is -2.10. The van der Waals surface area contributed by atoms with Gasteiger partial charge in [-0.1, -0.05) is 46.6 Å². The van der Waals surface area contributed by atoms with Crippen molar-refractivity contribution >= 4 is 11.9 Å². The molecule has 180 valence electrons. The molecule has 0 saturated carbocycles. The Balaban J connectivity index is 0.00000144. The van der Waals surface area contributed by atoms with Crippen molar-refractivity contribution in [1.29, 1.82) is 0 Å². The number of ether oxygens (including phenoxy) is 3. The second kappa shape index (κ2) is 16.9. The predicted molar refractivity (Wildman–Crippen MR) is 133 cm³/mol. The number of allylic oxidation sites excluding steroid dienone is 3. The maximum Gasteiger partial charge on any atom is 0.162 e. The van der Waals surface area contributed by atoms with E-state index in [1.165, 1.54) is 20.0 Å². The third-order valence-electron chi connectivity index (χ3n) is 4.98. The van der Waals surface area contributed by atoms with Crippen molar-refractivity contribution in [3.63, 3.8) is 0 Å². The van der Waals surface area contributed by atoms with Crippen molar-refractivity contribution in [2.45, 2.75) is 73.1 Å². The molecule has 0 spiro atoms. The van der Waals surface area contributed by atoms with Crippen molar-refractivity contribution in [3.8, 4) is 11.5 Å². The number of unbranched alkanes of at least 4 members (excludes halogenated alkanes) is 1. The van der Waals surface area contributed by atoms with Gasteiger partial charge < -0.3 is 19.3 Å². The monoisotopic (exact) mass is 446 g/mol. The van der Waals surface area contributed by atoms with E-state index in [9.17, 15) is 9.90 Å². The van der Waals surface area contributed by atoms with E-state index in [0.29, 0.717) is 30.1 Å². The number of Topliss-reactive ketones (excluding diaryl/α,β-unsaturated/α-hetero) is 1. The van der Waals surface area contributed by atoms with Gasteiger partial charge in [-0.15, -0.1) is 0 Å². The molecule has 0 unspecified atom stereocenters. The number of carbonyl (C=O) groups excluding carboxylic acids is 1. The molecule has 32 heavy (non-hydrogen) atoms. The Morgan fingerprint density at radius 1 is 1.03 bits per heavy atom. The van der Waals surface area contributed by atoms with Crippen molar-refractivity contribution in [2.75, 3.05) is 21.3 Å². The first-order chi connectivity index (χ1) is 15.5. The Morgan fingerprint density at radius 3 is 2.16 bits per heavy atom. The zero-order valence-corrected chi connectivity index (χ0v) is 21.2. The van der Waals surface area contributed by atoms with Gasteiger partial charge in [0.1, 0.15) is 0 Å². The van der Waals surface area contributed by atoms with E-state index in [1.54, 1.807) is 32.4 Å². The number of fused-ring (bicyclic) bond motifs is 1. The van der Waals surface area contributed by atoms with Gasteiger partial charge in [-0.2, -0.15) is 0 Å². The first kappa shape index (κ1) is 29.3. The Labute approximate surface area is 194 Å². The molecule has 0 atom stereocenters. The van der Waals surface area contributed by atoms with Crippen LogP contribution < -0.4 is 4.74 Å². The van der Waals surface area contributed by atoms with Crippen LogP contribution in [-0.2, 0) is 20.7 Å². The van der Waals surface area contributed by atoms with Crippen LogP contribution in [0.3, 0.4) is 0 Å². The number of aromatic hydroxyl groups is 1. The number of rotatable bonds is 8. The van der Waals surface area contributed by atoms with Gasteiger partial charge in [0, 0.05) is 12.0 Å². The van der Waals surface area contributed by atoms with Gasteiger partial charge in [-0.25, -0.2) is 0 Å². The highest BCUT2D eigenvalue weighted by Gasteiger charge is 2.18. The lowest BCUT2D eigenvalue weighted by atomic mass is 10.0. The summed E-state index contributed by atoms with van der Waals surface area (Å²) in [5.74, 6) is 1.79. The zero-order chi connectivity index (χ0) is 24.5. The van der Waals surface area contributed by atoms with Crippen LogP contribution in [0, 0.1) is 0 Å². The first-order valence-corrected chi connectivity index (χ1v) is 11.5. The van der Waals surface area contributed by atoms with Crippen LogP contribution in [0.2, 0.25) is 0 Å². The van der Waals surface area contributed by atoms with Gasteiger partial charge >= 0.3 is 0 Å². The average Bonchev–Trinajstić information content (AvgIpc) is 3.06. The summed E-state index contributed by atoms with van der Waals surface area (Å²) in [7, 11) is 4.65. The van der Waals surface area contributed by atoms with E-state index in [0.717, 1.165) is 23.1 Å². The number of hydrogen-bond acceptors (Lipinski definition) is 5. The fourth-order valence-electron chi connectivity index (χ4n) is 3.09. The van der Waals surface area contributed by atoms with Crippen LogP contribution in [0.4, 0.5) is 0 Å². The molecule has 0 aliphatic heterocycles. The molecule has 5 heteroatoms. The quantitative estimate of drug-likeness (QED) is 0.344. The van der Waals surface area contributed by atoms with Crippen LogP contribution >= 0.6 is 0 Å². The summed E-state index contributed by atoms with van der Waals surface area (Å²) < 4.78 is 15.7. The minimum absolute atomic E-state index is 0.0364. The van der Waals surface area contributed by atoms with Crippen molar-refractivity contribution < 1.29 is 24.1 Å². The molecule has 0 bridgehead atoms. The second-order valence-corrected chi connectivity index (χ2v) is 6.96. The number of phenolic OH excluding ortho intramolecular Hbond substituents is 1. The summed E-state index contributed by atoms with van der Waals surface area (Å²) >= 11 is 0. The molecule has 1 aromatic rings. The summed E-state index contributed by atoms with van der Waals surface area (Å²) in [5, 5.41) is 10.3. The Morgan fingerprint density at radius 2 is 1.66 bits per heavy atom. The topological polar surface area (TPSA) is 65.0 Å². The predicted octanol–water partition coefficient (Wildman–Crippen LogP) is 6.99. The molecular weight excluding hydrogens is 404 g/mol. The fourth-order valence-corrected chi connectivity index (χ4v) is 3.09. The van der Waals surface area contributed by atoms with Gasteiger partial charge in [0.25, 0.3) is 0 Å². The van der Waals surface area contributed by atoms with Gasteiger partial charge in [0.05, 0.1) is 21.3 Å². The molecule has 5 nitrogen and oxygen atoms in total. The van der Waals surface area contributed by atoms with E-state index < -0.39 is 0 Å². The van der Waals surface area contributed by atoms with Crippen LogP contribution in [0.25, 0.3) is 6.08 Å². The first-order valence-electron chi connectivity index (χ1n) is 11.5. The van der Waals surface area contributed by atoms with Crippen LogP contribution in [0.5, 0.6) is 11.5 Å². The van der Waals surface area contributed by atoms with E-state index in [2.05, 4.69) is 13.8 Å². The molecule has 0 amide bonds. The number of hydrogen-bond donors (Lipinski definition) is 1. The van der Waals surface area contributed by atoms with Crippen molar-refractivity contribution in [1.82, 2.24) is 0 Å². The number of carbonyl (C=O) groups is 1. The van der Waals surface area contributed by atoms with E-state index in [4.69, 9.17) is 14.2 Å². The Kier molecular flexibility index (Phi) is 15.5. The minimum Gasteiger partial charge on any atom is -0.504 e. The highest BCUT2D eigenvalue weighted by atomic mass is 16.5. The number of phenols is 1. The molecule has 0 radical (unpaired) electrons. The van der Waals surface area contributed by atoms with E-state index in [1.807, 2.05) is 32.9 Å². The third-order valence-corrected chi connectivity index (χ3v) is 4.98. The molecule has 2 rings (SSSR count). The lowest BCUT2D eigenvalue weighted by Crippen LogP contribution is -2.03. The van der Waals surface area contributed by atoms with Gasteiger partial charge in [-0.3, -0.25) is 4.79 Å². The summed E-state index contributed by atoms with van der Waals surface area (Å²) in [5.41, 5.74) is 2.45. The maximum atomic E-state index is 12.7. The second-order valence-electron chi connectivity index (χ2n) is 6.96. The van der Waals surface area contributed by atoms with Crippen LogP contribution in [0.15, 0.2) is 41.4 Å². The van der Waals surface area contributed by atoms with Gasteiger partial charge in [0.15, 0.2) is 28.8 Å². The van der Waals surface area contributed by atoms with Crippen LogP contribution in [0.1, 0.15) is 77.8 Å². The standard InChI is InChI=1S/C21H26O5.C4H10.C2H6/c1-5-18(24-2)19(25-3)12-10-17(22)15-7-6-8-16-14(13-15)9-11-20(26-4)21(16)23;1-3-4-2;1-2/h5,9,11-13,23H,6-8,10H2,1-4H3;3-4H2,1-2H3;1-2H3/b18-5+,19-12+;;. The normalized spacial score (nSPS) is 13.2. The minimum atomic E-state index is 0.0364. The summed E-state index contributed by atoms with van der Waals surface area (Å²) in [4.78, 5) is 12.7. The maximum absolute atomic E-state index is 12.7. The van der Waals surface area contributed by atoms with E-state index >= 15 is 0 Å². The summed E-state index contributed by atoms with van der Waals surface area (Å²) in [6, 6.07) is 3.60. The van der Waals surface area contributed by atoms with Crippen molar-refractivity contribution in [2.24, 2.45) is 0 Å². The molecular formula is C27H42O5. The average molecular weight is 447 g/mol. The number of ketones is 1. The third kappa shape index (κ3) is 8.81. The molecule has 0 saturated heterocycles. The lowest BCUT2D eigenvalue weighted by molar-refractivity contribution is -0.114. The van der Waals surface area contributed by atoms with Crippen LogP contribution in [-0.4, -0.2) is 32.2 Å². The number of methoxy groups -OCH3 is 3. The summed E-state index contributed by atoms with van der Waals surface area (Å²) in [6.45, 7) is 10.2. The highest BCUT2D eigenvalue weighted by molar-refractivity contribution is 6.00. The molecule has 0 fully saturated rings. The SMILES string of the molecule is C/C=C(OC)\C(=C/CC(=O)C1=Cc2ccc(OC)c(O)c2CCC1)OC.CC.CCCC. The number of benzene rings is 1. The molecule has 0 heterocycles. The molecule has 1 aliphatic carbocycles. The van der Waals surface area contributed by atoms with E-state index in [-0.39, 0.29) is 18.0 Å². The van der Waals surface area contributed by atoms with Gasteiger partial charge in [-0.05, 0) is 61.6 Å². The van der Waals surface area contributed by atoms with Gasteiger partial charge in [0.2, 0.25) is 0 Å². The zero-order valence-electron chi connectivity index (χ0n) is 21.2. The Bertz CT molecular complexity index is 785.